The lowest BCUT2D eigenvalue weighted by atomic mass is 9.97. The van der Waals surface area contributed by atoms with Crippen LogP contribution in [0.25, 0.3) is 0 Å². The molecule has 0 spiro atoms. The van der Waals surface area contributed by atoms with Gasteiger partial charge in [-0.25, -0.2) is 0 Å². The van der Waals surface area contributed by atoms with E-state index in [0.717, 1.165) is 19.5 Å². The molecule has 0 saturated carbocycles. The zero-order chi connectivity index (χ0) is 10.8. The molecule has 1 aromatic carbocycles. The molecule has 4 heteroatoms. The van der Waals surface area contributed by atoms with Crippen molar-refractivity contribution in [3.05, 3.63) is 33.8 Å². The van der Waals surface area contributed by atoms with Gasteiger partial charge in [-0.15, -0.1) is 0 Å². The number of ketones is 1. The van der Waals surface area contributed by atoms with Crippen molar-refractivity contribution in [2.45, 2.75) is 6.42 Å². The first kappa shape index (κ1) is 10.9. The first-order valence-corrected chi connectivity index (χ1v) is 5.64. The highest BCUT2D eigenvalue weighted by Gasteiger charge is 2.25. The van der Waals surface area contributed by atoms with E-state index in [0.29, 0.717) is 15.6 Å². The Balaban J connectivity index is 2.28. The molecular weight excluding hydrogens is 233 g/mol. The number of hydrogen-bond acceptors (Lipinski definition) is 2. The Morgan fingerprint density at radius 1 is 1.40 bits per heavy atom. The summed E-state index contributed by atoms with van der Waals surface area (Å²) in [6.07, 6.45) is 0.877. The van der Waals surface area contributed by atoms with Gasteiger partial charge < -0.3 is 5.32 Å². The lowest BCUT2D eigenvalue weighted by Crippen LogP contribution is -2.18. The Hall–Kier alpha value is -0.570. The molecule has 1 aliphatic heterocycles. The normalized spacial score (nSPS) is 20.5. The van der Waals surface area contributed by atoms with Crippen LogP contribution in [0.2, 0.25) is 10.0 Å². The van der Waals surface area contributed by atoms with Crippen LogP contribution < -0.4 is 5.32 Å². The maximum absolute atomic E-state index is 12.0. The predicted molar refractivity (Wildman–Crippen MR) is 61.8 cm³/mol. The Morgan fingerprint density at radius 2 is 2.20 bits per heavy atom. The highest BCUT2D eigenvalue weighted by Crippen LogP contribution is 2.28. The molecule has 1 N–H and O–H groups in total. The minimum atomic E-state index is 0.0426. The van der Waals surface area contributed by atoms with E-state index in [-0.39, 0.29) is 11.7 Å². The standard InChI is InChI=1S/C11H11Cl2NO/c12-9-3-1-2-8(10(9)13)11(15)7-4-5-14-6-7/h1-3,7,14H,4-6H2. The number of carbonyl (C=O) groups is 1. The van der Waals surface area contributed by atoms with Crippen LogP contribution in [0.1, 0.15) is 16.8 Å². The Bertz CT molecular complexity index is 386. The average Bonchev–Trinajstić information content (AvgIpc) is 2.74. The fourth-order valence-corrected chi connectivity index (χ4v) is 2.19. The number of rotatable bonds is 2. The molecule has 1 aromatic rings. The van der Waals surface area contributed by atoms with Crippen LogP contribution in [0.4, 0.5) is 0 Å². The monoisotopic (exact) mass is 243 g/mol. The first-order valence-electron chi connectivity index (χ1n) is 4.89. The first-order chi connectivity index (χ1) is 7.20. The van der Waals surface area contributed by atoms with Crippen molar-refractivity contribution in [2.75, 3.05) is 13.1 Å². The number of Topliss-reactive ketones (excluding diaryl/α,β-unsaturated/α-hetero) is 1. The predicted octanol–water partition coefficient (Wildman–Crippen LogP) is 2.79. The maximum atomic E-state index is 12.0. The van der Waals surface area contributed by atoms with Crippen molar-refractivity contribution in [3.63, 3.8) is 0 Å². The van der Waals surface area contributed by atoms with Crippen LogP contribution in [0.15, 0.2) is 18.2 Å². The summed E-state index contributed by atoms with van der Waals surface area (Å²) in [5.74, 6) is 0.133. The molecule has 80 valence electrons. The Kier molecular flexibility index (Phi) is 3.29. The number of nitrogens with one attached hydrogen (secondary N) is 1. The molecule has 1 atom stereocenters. The molecule has 0 bridgehead atoms. The average molecular weight is 244 g/mol. The summed E-state index contributed by atoms with van der Waals surface area (Å²) in [6, 6.07) is 5.17. The van der Waals surface area contributed by atoms with E-state index in [1.807, 2.05) is 0 Å². The highest BCUT2D eigenvalue weighted by atomic mass is 35.5. The molecule has 0 amide bonds. The highest BCUT2D eigenvalue weighted by molar-refractivity contribution is 6.43. The van der Waals surface area contributed by atoms with Gasteiger partial charge in [0.05, 0.1) is 10.0 Å². The number of benzene rings is 1. The lowest BCUT2D eigenvalue weighted by molar-refractivity contribution is 0.0930. The Morgan fingerprint density at radius 3 is 2.87 bits per heavy atom. The largest absolute Gasteiger partial charge is 0.316 e. The third kappa shape index (κ3) is 2.17. The number of halogens is 2. The third-order valence-corrected chi connectivity index (χ3v) is 3.47. The molecule has 2 nitrogen and oxygen atoms in total. The number of hydrogen-bond donors (Lipinski definition) is 1. The van der Waals surface area contributed by atoms with E-state index in [1.165, 1.54) is 0 Å². The van der Waals surface area contributed by atoms with Crippen LogP contribution in [0.3, 0.4) is 0 Å². The van der Waals surface area contributed by atoms with E-state index in [2.05, 4.69) is 5.32 Å². The molecule has 0 aliphatic carbocycles. The van der Waals surface area contributed by atoms with Crippen LogP contribution in [-0.4, -0.2) is 18.9 Å². The summed E-state index contributed by atoms with van der Waals surface area (Å²) in [7, 11) is 0. The fraction of sp³-hybridized carbons (Fsp3) is 0.364. The van der Waals surface area contributed by atoms with Crippen LogP contribution in [-0.2, 0) is 0 Å². The second kappa shape index (κ2) is 4.52. The zero-order valence-corrected chi connectivity index (χ0v) is 9.61. The molecule has 15 heavy (non-hydrogen) atoms. The molecule has 1 saturated heterocycles. The summed E-state index contributed by atoms with van der Waals surface area (Å²) >= 11 is 11.9. The van der Waals surface area contributed by atoms with Gasteiger partial charge in [0.1, 0.15) is 0 Å². The molecule has 1 aliphatic rings. The third-order valence-electron chi connectivity index (χ3n) is 2.65. The summed E-state index contributed by atoms with van der Waals surface area (Å²) in [4.78, 5) is 12.0. The van der Waals surface area contributed by atoms with Crippen LogP contribution >= 0.6 is 23.2 Å². The fourth-order valence-electron chi connectivity index (χ4n) is 1.79. The van der Waals surface area contributed by atoms with E-state index >= 15 is 0 Å². The van der Waals surface area contributed by atoms with Gasteiger partial charge in [0.2, 0.25) is 0 Å². The van der Waals surface area contributed by atoms with E-state index < -0.39 is 0 Å². The summed E-state index contributed by atoms with van der Waals surface area (Å²) in [5.41, 5.74) is 0.540. The van der Waals surface area contributed by atoms with Gasteiger partial charge in [-0.3, -0.25) is 4.79 Å². The minimum absolute atomic E-state index is 0.0426. The van der Waals surface area contributed by atoms with Crippen molar-refractivity contribution in [1.29, 1.82) is 0 Å². The SMILES string of the molecule is O=C(c1cccc(Cl)c1Cl)C1CCNC1. The molecule has 1 unspecified atom stereocenters. The van der Waals surface area contributed by atoms with Crippen molar-refractivity contribution in [2.24, 2.45) is 5.92 Å². The van der Waals surface area contributed by atoms with Gasteiger partial charge in [0.25, 0.3) is 0 Å². The van der Waals surface area contributed by atoms with Crippen LogP contribution in [0, 0.1) is 5.92 Å². The van der Waals surface area contributed by atoms with Crippen molar-refractivity contribution in [3.8, 4) is 0 Å². The number of carbonyl (C=O) groups excluding carboxylic acids is 1. The second-order valence-corrected chi connectivity index (χ2v) is 4.44. The molecule has 2 rings (SSSR count). The van der Waals surface area contributed by atoms with Crippen molar-refractivity contribution >= 4 is 29.0 Å². The molecule has 0 aromatic heterocycles. The maximum Gasteiger partial charge on any atom is 0.168 e. The quantitative estimate of drug-likeness (QED) is 0.810. The second-order valence-electron chi connectivity index (χ2n) is 3.66. The van der Waals surface area contributed by atoms with Crippen LogP contribution in [0.5, 0.6) is 0 Å². The summed E-state index contributed by atoms with van der Waals surface area (Å²) in [6.45, 7) is 1.64. The van der Waals surface area contributed by atoms with Gasteiger partial charge in [-0.05, 0) is 25.1 Å². The smallest absolute Gasteiger partial charge is 0.168 e. The van der Waals surface area contributed by atoms with Gasteiger partial charge in [0.15, 0.2) is 5.78 Å². The molecule has 0 radical (unpaired) electrons. The van der Waals surface area contributed by atoms with E-state index in [4.69, 9.17) is 23.2 Å². The summed E-state index contributed by atoms with van der Waals surface area (Å²) in [5, 5.41) is 3.97. The zero-order valence-electron chi connectivity index (χ0n) is 8.09. The van der Waals surface area contributed by atoms with Crippen molar-refractivity contribution in [1.82, 2.24) is 5.32 Å². The van der Waals surface area contributed by atoms with Gasteiger partial charge in [0, 0.05) is 18.0 Å². The van der Waals surface area contributed by atoms with E-state index in [1.54, 1.807) is 18.2 Å². The van der Waals surface area contributed by atoms with Gasteiger partial charge in [-0.2, -0.15) is 0 Å². The summed E-state index contributed by atoms with van der Waals surface area (Å²) < 4.78 is 0. The van der Waals surface area contributed by atoms with Crippen molar-refractivity contribution < 1.29 is 4.79 Å². The molecular formula is C11H11Cl2NO. The topological polar surface area (TPSA) is 29.1 Å². The van der Waals surface area contributed by atoms with E-state index in [9.17, 15) is 4.79 Å². The molecule has 1 fully saturated rings. The minimum Gasteiger partial charge on any atom is -0.316 e. The van der Waals surface area contributed by atoms with Gasteiger partial charge >= 0.3 is 0 Å². The van der Waals surface area contributed by atoms with Gasteiger partial charge in [-0.1, -0.05) is 29.3 Å². The molecule has 1 heterocycles. The lowest BCUT2D eigenvalue weighted by Gasteiger charge is -2.09. The Labute approximate surface area is 98.6 Å².